The lowest BCUT2D eigenvalue weighted by atomic mass is 9.91. The van der Waals surface area contributed by atoms with Gasteiger partial charge in [0.05, 0.1) is 12.7 Å². The molecule has 78 valence electrons. The molecule has 0 unspecified atom stereocenters. The van der Waals surface area contributed by atoms with Gasteiger partial charge < -0.3 is 9.84 Å². The molecule has 0 saturated heterocycles. The summed E-state index contributed by atoms with van der Waals surface area (Å²) in [5.41, 5.74) is 0.169. The maximum Gasteiger partial charge on any atom is 0.119 e. The minimum atomic E-state index is -0.747. The van der Waals surface area contributed by atoms with Crippen LogP contribution in [0, 0.1) is 0 Å². The van der Waals surface area contributed by atoms with Crippen molar-refractivity contribution in [3.8, 4) is 5.75 Å². The average Bonchev–Trinajstić information content (AvgIpc) is 2.18. The smallest absolute Gasteiger partial charge is 0.119 e. The Morgan fingerprint density at radius 1 is 1.43 bits per heavy atom. The molecule has 0 aromatic heterocycles. The van der Waals surface area contributed by atoms with Gasteiger partial charge in [-0.3, -0.25) is 0 Å². The van der Waals surface area contributed by atoms with Crippen LogP contribution in [-0.4, -0.2) is 12.2 Å². The molecule has 1 atom stereocenters. The first-order valence-corrected chi connectivity index (χ1v) is 4.97. The van der Waals surface area contributed by atoms with E-state index in [9.17, 15) is 5.11 Å². The lowest BCUT2D eigenvalue weighted by Gasteiger charge is -2.23. The minimum absolute atomic E-state index is 0.747. The van der Waals surface area contributed by atoms with E-state index < -0.39 is 5.60 Å². The number of hydrogen-bond donors (Lipinski definition) is 1. The van der Waals surface area contributed by atoms with Gasteiger partial charge in [-0.15, -0.1) is 0 Å². The fourth-order valence-electron chi connectivity index (χ4n) is 1.59. The number of benzene rings is 1. The quantitative estimate of drug-likeness (QED) is 0.798. The first-order valence-electron chi connectivity index (χ1n) is 4.97. The Morgan fingerprint density at radius 2 is 2.14 bits per heavy atom. The molecule has 14 heavy (non-hydrogen) atoms. The van der Waals surface area contributed by atoms with Gasteiger partial charge in [-0.05, 0) is 31.0 Å². The summed E-state index contributed by atoms with van der Waals surface area (Å²) in [5, 5.41) is 10.2. The molecule has 1 N–H and O–H groups in total. The first-order chi connectivity index (χ1) is 6.60. The van der Waals surface area contributed by atoms with Gasteiger partial charge in [0.15, 0.2) is 0 Å². The van der Waals surface area contributed by atoms with Crippen LogP contribution in [0.5, 0.6) is 5.75 Å². The van der Waals surface area contributed by atoms with Crippen LogP contribution >= 0.6 is 0 Å². The molecule has 0 aliphatic heterocycles. The molecule has 0 saturated carbocycles. The predicted octanol–water partition coefficient (Wildman–Crippen LogP) is 2.70. The highest BCUT2D eigenvalue weighted by atomic mass is 16.5. The monoisotopic (exact) mass is 194 g/mol. The number of ether oxygens (including phenoxy) is 1. The van der Waals surface area contributed by atoms with E-state index in [0.717, 1.165) is 24.2 Å². The summed E-state index contributed by atoms with van der Waals surface area (Å²) in [6, 6.07) is 7.59. The Labute approximate surface area is 85.5 Å². The Kier molecular flexibility index (Phi) is 3.53. The zero-order valence-electron chi connectivity index (χ0n) is 9.08. The number of rotatable bonds is 4. The van der Waals surface area contributed by atoms with Crippen LogP contribution in [0.15, 0.2) is 24.3 Å². The van der Waals surface area contributed by atoms with Crippen LogP contribution in [0.1, 0.15) is 32.3 Å². The molecule has 0 aliphatic rings. The highest BCUT2D eigenvalue weighted by molar-refractivity contribution is 5.31. The van der Waals surface area contributed by atoms with E-state index in [1.54, 1.807) is 7.11 Å². The molecule has 0 radical (unpaired) electrons. The summed E-state index contributed by atoms with van der Waals surface area (Å²) in [6.45, 7) is 3.90. The maximum atomic E-state index is 10.2. The van der Waals surface area contributed by atoms with Crippen molar-refractivity contribution in [3.63, 3.8) is 0 Å². The Hall–Kier alpha value is -1.02. The third-order valence-electron chi connectivity index (χ3n) is 2.43. The maximum absolute atomic E-state index is 10.2. The molecule has 1 rings (SSSR count). The fraction of sp³-hybridized carbons (Fsp3) is 0.500. The molecule has 0 spiro atoms. The molecule has 0 amide bonds. The van der Waals surface area contributed by atoms with E-state index in [4.69, 9.17) is 4.74 Å². The third kappa shape index (κ3) is 2.48. The largest absolute Gasteiger partial charge is 0.497 e. The van der Waals surface area contributed by atoms with Crippen LogP contribution in [0.25, 0.3) is 0 Å². The van der Waals surface area contributed by atoms with Gasteiger partial charge in [-0.1, -0.05) is 25.5 Å². The Balaban J connectivity index is 2.93. The third-order valence-corrected chi connectivity index (χ3v) is 2.43. The lowest BCUT2D eigenvalue weighted by molar-refractivity contribution is 0.0467. The minimum Gasteiger partial charge on any atom is -0.497 e. The van der Waals surface area contributed by atoms with Crippen molar-refractivity contribution in [2.75, 3.05) is 7.11 Å². The van der Waals surface area contributed by atoms with Crippen molar-refractivity contribution in [2.45, 2.75) is 32.3 Å². The van der Waals surface area contributed by atoms with Crippen molar-refractivity contribution in [2.24, 2.45) is 0 Å². The molecular formula is C12H18O2. The average molecular weight is 194 g/mol. The second-order valence-corrected chi connectivity index (χ2v) is 3.76. The van der Waals surface area contributed by atoms with Crippen LogP contribution in [0.2, 0.25) is 0 Å². The molecule has 1 aromatic rings. The zero-order valence-corrected chi connectivity index (χ0v) is 9.08. The Bertz CT molecular complexity index is 292. The SMILES string of the molecule is CCC[C@@](C)(O)c1cccc(OC)c1. The van der Waals surface area contributed by atoms with Gasteiger partial charge in [0.1, 0.15) is 5.75 Å². The van der Waals surface area contributed by atoms with Crippen LogP contribution in [0.4, 0.5) is 0 Å². The van der Waals surface area contributed by atoms with Gasteiger partial charge >= 0.3 is 0 Å². The van der Waals surface area contributed by atoms with Crippen molar-refractivity contribution < 1.29 is 9.84 Å². The summed E-state index contributed by atoms with van der Waals surface area (Å²) in [5.74, 6) is 0.791. The molecule has 0 fully saturated rings. The molecule has 2 nitrogen and oxygen atoms in total. The lowest BCUT2D eigenvalue weighted by Crippen LogP contribution is -2.20. The topological polar surface area (TPSA) is 29.5 Å². The van der Waals surface area contributed by atoms with Gasteiger partial charge in [-0.2, -0.15) is 0 Å². The van der Waals surface area contributed by atoms with Crippen molar-refractivity contribution in [1.29, 1.82) is 0 Å². The molecule has 0 heterocycles. The number of aliphatic hydroxyl groups is 1. The van der Waals surface area contributed by atoms with E-state index in [2.05, 4.69) is 6.92 Å². The number of methoxy groups -OCH3 is 1. The van der Waals surface area contributed by atoms with E-state index in [1.807, 2.05) is 31.2 Å². The summed E-state index contributed by atoms with van der Waals surface area (Å²) in [6.07, 6.45) is 1.73. The van der Waals surface area contributed by atoms with Crippen molar-refractivity contribution in [3.05, 3.63) is 29.8 Å². The van der Waals surface area contributed by atoms with Crippen molar-refractivity contribution in [1.82, 2.24) is 0 Å². The van der Waals surface area contributed by atoms with Crippen LogP contribution < -0.4 is 4.74 Å². The molecule has 0 aliphatic carbocycles. The molecule has 1 aromatic carbocycles. The summed E-state index contributed by atoms with van der Waals surface area (Å²) in [7, 11) is 1.63. The van der Waals surface area contributed by atoms with E-state index in [0.29, 0.717) is 0 Å². The standard InChI is InChI=1S/C12H18O2/c1-4-8-12(2,13)10-6-5-7-11(9-10)14-3/h5-7,9,13H,4,8H2,1-3H3/t12-/m1/s1. The Morgan fingerprint density at radius 3 is 2.71 bits per heavy atom. The fourth-order valence-corrected chi connectivity index (χ4v) is 1.59. The van der Waals surface area contributed by atoms with E-state index >= 15 is 0 Å². The molecule has 0 bridgehead atoms. The van der Waals surface area contributed by atoms with Gasteiger partial charge in [0.2, 0.25) is 0 Å². The van der Waals surface area contributed by atoms with E-state index in [1.165, 1.54) is 0 Å². The normalized spacial score (nSPS) is 14.9. The summed E-state index contributed by atoms with van der Waals surface area (Å²) in [4.78, 5) is 0. The van der Waals surface area contributed by atoms with Crippen molar-refractivity contribution >= 4 is 0 Å². The van der Waals surface area contributed by atoms with Crippen LogP contribution in [0.3, 0.4) is 0 Å². The molecular weight excluding hydrogens is 176 g/mol. The van der Waals surface area contributed by atoms with E-state index in [-0.39, 0.29) is 0 Å². The van der Waals surface area contributed by atoms with Crippen LogP contribution in [-0.2, 0) is 5.60 Å². The van der Waals surface area contributed by atoms with Gasteiger partial charge in [0, 0.05) is 0 Å². The molecule has 2 heteroatoms. The second kappa shape index (κ2) is 4.47. The zero-order chi connectivity index (χ0) is 10.6. The predicted molar refractivity (Wildman–Crippen MR) is 57.5 cm³/mol. The number of hydrogen-bond acceptors (Lipinski definition) is 2. The van der Waals surface area contributed by atoms with Gasteiger partial charge in [0.25, 0.3) is 0 Å². The highest BCUT2D eigenvalue weighted by Crippen LogP contribution is 2.28. The first kappa shape index (κ1) is 11.1. The second-order valence-electron chi connectivity index (χ2n) is 3.76. The van der Waals surface area contributed by atoms with Gasteiger partial charge in [-0.25, -0.2) is 0 Å². The highest BCUT2D eigenvalue weighted by Gasteiger charge is 2.21. The summed E-state index contributed by atoms with van der Waals surface area (Å²) < 4.78 is 5.12. The summed E-state index contributed by atoms with van der Waals surface area (Å²) >= 11 is 0.